The van der Waals surface area contributed by atoms with E-state index in [4.69, 9.17) is 5.11 Å². The van der Waals surface area contributed by atoms with Gasteiger partial charge in [0.1, 0.15) is 0 Å². The van der Waals surface area contributed by atoms with Crippen molar-refractivity contribution in [3.63, 3.8) is 0 Å². The Bertz CT molecular complexity index is 80.3. The zero-order valence-corrected chi connectivity index (χ0v) is 12.3. The van der Waals surface area contributed by atoms with Gasteiger partial charge in [0, 0.05) is 95.6 Å². The third-order valence-electron chi connectivity index (χ3n) is 0.301. The second-order valence-electron chi connectivity index (χ2n) is 0.861. The van der Waals surface area contributed by atoms with Gasteiger partial charge in [0.15, 0.2) is 0 Å². The minimum atomic E-state index is -1.38. The predicted octanol–water partition coefficient (Wildman–Crippen LogP) is -1.48. The minimum absolute atomic E-state index is 0. The van der Waals surface area contributed by atoms with Crippen LogP contribution in [0.1, 0.15) is 6.92 Å². The van der Waals surface area contributed by atoms with Crippen molar-refractivity contribution in [2.45, 2.75) is 6.92 Å². The maximum atomic E-state index is 9.54. The Kier molecular flexibility index (Phi) is 31.9. The summed E-state index contributed by atoms with van der Waals surface area (Å²) in [5.74, 6) is -2.20. The summed E-state index contributed by atoms with van der Waals surface area (Å²) in [5.41, 5.74) is 0. The summed E-state index contributed by atoms with van der Waals surface area (Å²) >= 11 is 0. The number of Topliss-reactive ketones (excluding diaryl/α,β-unsaturated/α-hetero) is 1. The van der Waals surface area contributed by atoms with E-state index in [2.05, 4.69) is 0 Å². The van der Waals surface area contributed by atoms with Crippen molar-refractivity contribution in [3.8, 4) is 0 Å². The van der Waals surface area contributed by atoms with Crippen LogP contribution in [0.2, 0.25) is 0 Å². The number of carbonyl (C=O) groups excluding carboxylic acids is 1. The summed E-state index contributed by atoms with van der Waals surface area (Å²) in [7, 11) is 0. The second kappa shape index (κ2) is 12.8. The van der Waals surface area contributed by atoms with Crippen molar-refractivity contribution < 1.29 is 14.7 Å². The van der Waals surface area contributed by atoms with E-state index in [1.165, 1.54) is 0 Å². The van der Waals surface area contributed by atoms with E-state index in [9.17, 15) is 9.59 Å². The van der Waals surface area contributed by atoms with Gasteiger partial charge in [-0.15, -0.1) is 0 Å². The Morgan fingerprint density at radius 1 is 1.11 bits per heavy atom. The standard InChI is InChI=1S/C3H4O3.3Na/c1-2(4)3(5)6;;;/h1H3,(H,5,6);;;. The molecule has 0 aliphatic carbocycles. The Hall–Kier alpha value is 2.14. The maximum Gasteiger partial charge on any atom is 0.371 e. The Labute approximate surface area is 120 Å². The summed E-state index contributed by atoms with van der Waals surface area (Å²) in [6.07, 6.45) is 0. The first-order valence-electron chi connectivity index (χ1n) is 1.38. The van der Waals surface area contributed by atoms with Gasteiger partial charge in [0.05, 0.1) is 0 Å². The molecular formula is C3H4Na3O3. The molecule has 0 atom stereocenters. The van der Waals surface area contributed by atoms with Gasteiger partial charge in [-0.1, -0.05) is 0 Å². The molecule has 0 aromatic heterocycles. The van der Waals surface area contributed by atoms with Crippen LogP contribution in [0.15, 0.2) is 0 Å². The fraction of sp³-hybridized carbons (Fsp3) is 0.333. The second-order valence-corrected chi connectivity index (χ2v) is 0.861. The van der Waals surface area contributed by atoms with E-state index in [1.807, 2.05) is 0 Å². The van der Waals surface area contributed by atoms with Gasteiger partial charge in [-0.05, 0) is 0 Å². The fourth-order valence-corrected chi connectivity index (χ4v) is 0. The number of ketones is 1. The molecule has 0 heterocycles. The summed E-state index contributed by atoms with van der Waals surface area (Å²) < 4.78 is 0. The van der Waals surface area contributed by atoms with Crippen LogP contribution in [0.4, 0.5) is 0 Å². The largest absolute Gasteiger partial charge is 0.476 e. The van der Waals surface area contributed by atoms with Gasteiger partial charge in [0.25, 0.3) is 0 Å². The Morgan fingerprint density at radius 2 is 1.22 bits per heavy atom. The molecule has 0 rings (SSSR count). The van der Waals surface area contributed by atoms with E-state index in [-0.39, 0.29) is 88.7 Å². The molecule has 0 aliphatic rings. The maximum absolute atomic E-state index is 9.54. The first-order valence-corrected chi connectivity index (χ1v) is 1.38. The summed E-state index contributed by atoms with van der Waals surface area (Å²) in [6.45, 7) is 1.00. The first-order chi connectivity index (χ1) is 2.64. The number of hydrogen-bond donors (Lipinski definition) is 1. The summed E-state index contributed by atoms with van der Waals surface area (Å²) in [5, 5.41) is 7.64. The van der Waals surface area contributed by atoms with Crippen molar-refractivity contribution in [1.82, 2.24) is 0 Å². The van der Waals surface area contributed by atoms with Gasteiger partial charge < -0.3 is 5.11 Å². The predicted molar refractivity (Wildman–Crippen MR) is 35.6 cm³/mol. The quantitative estimate of drug-likeness (QED) is 0.373. The Balaban J connectivity index is -0.0000000417. The molecular weight excluding hydrogens is 153 g/mol. The molecule has 3 radical (unpaired) electrons. The fourth-order valence-electron chi connectivity index (χ4n) is 0. The molecule has 0 aromatic carbocycles. The van der Waals surface area contributed by atoms with Crippen LogP contribution < -0.4 is 0 Å². The number of carboxylic acids is 1. The molecule has 0 bridgehead atoms. The molecule has 3 nitrogen and oxygen atoms in total. The van der Waals surface area contributed by atoms with Crippen LogP contribution in [0.25, 0.3) is 0 Å². The van der Waals surface area contributed by atoms with Gasteiger partial charge in [0.2, 0.25) is 5.78 Å². The average Bonchev–Trinajstić information content (AvgIpc) is 1.36. The molecule has 0 fully saturated rings. The van der Waals surface area contributed by atoms with Gasteiger partial charge in [-0.25, -0.2) is 4.79 Å². The van der Waals surface area contributed by atoms with Crippen LogP contribution in [-0.2, 0) is 9.59 Å². The molecule has 0 saturated heterocycles. The third-order valence-corrected chi connectivity index (χ3v) is 0.301. The van der Waals surface area contributed by atoms with E-state index >= 15 is 0 Å². The van der Waals surface area contributed by atoms with Crippen molar-refractivity contribution >= 4 is 100 Å². The van der Waals surface area contributed by atoms with E-state index < -0.39 is 11.8 Å². The number of aliphatic carboxylic acids is 1. The number of rotatable bonds is 1. The van der Waals surface area contributed by atoms with Crippen LogP contribution in [0.5, 0.6) is 0 Å². The minimum Gasteiger partial charge on any atom is -0.476 e. The molecule has 0 aromatic rings. The van der Waals surface area contributed by atoms with Crippen LogP contribution in [-0.4, -0.2) is 106 Å². The summed E-state index contributed by atoms with van der Waals surface area (Å²) in [4.78, 5) is 18.9. The van der Waals surface area contributed by atoms with Gasteiger partial charge in [-0.2, -0.15) is 0 Å². The Morgan fingerprint density at radius 3 is 1.22 bits per heavy atom. The molecule has 0 saturated carbocycles. The van der Waals surface area contributed by atoms with Gasteiger partial charge in [-0.3, -0.25) is 4.79 Å². The van der Waals surface area contributed by atoms with Crippen molar-refractivity contribution in [1.29, 1.82) is 0 Å². The molecule has 37 valence electrons. The van der Waals surface area contributed by atoms with Crippen molar-refractivity contribution in [2.75, 3.05) is 0 Å². The summed E-state index contributed by atoms with van der Waals surface area (Å²) in [6, 6.07) is 0. The normalized spacial score (nSPS) is 5.00. The zero-order valence-electron chi connectivity index (χ0n) is 6.26. The monoisotopic (exact) mass is 157 g/mol. The third kappa shape index (κ3) is 17.8. The van der Waals surface area contributed by atoms with Crippen LogP contribution >= 0.6 is 0 Å². The SMILES string of the molecule is CC(=O)C(=O)O.[Na].[Na].[Na]. The molecule has 9 heavy (non-hydrogen) atoms. The van der Waals surface area contributed by atoms with Crippen LogP contribution in [0, 0.1) is 0 Å². The molecule has 1 N–H and O–H groups in total. The number of carboxylic acid groups (broad SMARTS) is 1. The smallest absolute Gasteiger partial charge is 0.371 e. The van der Waals surface area contributed by atoms with E-state index in [1.54, 1.807) is 0 Å². The van der Waals surface area contributed by atoms with E-state index in [0.29, 0.717) is 0 Å². The van der Waals surface area contributed by atoms with E-state index in [0.717, 1.165) is 6.92 Å². The molecule has 0 spiro atoms. The van der Waals surface area contributed by atoms with Gasteiger partial charge >= 0.3 is 5.97 Å². The molecule has 0 unspecified atom stereocenters. The molecule has 0 amide bonds. The average molecular weight is 157 g/mol. The molecule has 0 aliphatic heterocycles. The van der Waals surface area contributed by atoms with Crippen LogP contribution in [0.3, 0.4) is 0 Å². The topological polar surface area (TPSA) is 54.4 Å². The van der Waals surface area contributed by atoms with Crippen molar-refractivity contribution in [3.05, 3.63) is 0 Å². The number of carbonyl (C=O) groups is 2. The first kappa shape index (κ1) is 22.5. The van der Waals surface area contributed by atoms with Crippen molar-refractivity contribution in [2.24, 2.45) is 0 Å². The molecule has 6 heteroatoms. The number of hydrogen-bond acceptors (Lipinski definition) is 2. The zero-order chi connectivity index (χ0) is 5.15.